The molecule has 8 heteroatoms. The molecule has 1 aromatic heterocycles. The van der Waals surface area contributed by atoms with E-state index in [1.54, 1.807) is 37.4 Å². The van der Waals surface area contributed by atoms with Crippen LogP contribution in [0.1, 0.15) is 61.6 Å². The van der Waals surface area contributed by atoms with Crippen molar-refractivity contribution in [2.24, 2.45) is 0 Å². The van der Waals surface area contributed by atoms with Gasteiger partial charge in [0.25, 0.3) is 0 Å². The predicted octanol–water partition coefficient (Wildman–Crippen LogP) is 2.40. The first-order valence-electron chi connectivity index (χ1n) is 11.1. The number of nitrogens with one attached hydrogen (secondary N) is 3. The number of carbonyl (C=O) groups is 1. The van der Waals surface area contributed by atoms with E-state index >= 15 is 0 Å². The number of hydrogen-bond donors (Lipinski definition) is 5. The van der Waals surface area contributed by atoms with E-state index in [9.17, 15) is 15.1 Å². The molecule has 1 amide bonds. The Kier molecular flexibility index (Phi) is 6.06. The van der Waals surface area contributed by atoms with E-state index in [-0.39, 0.29) is 17.8 Å². The SMILES string of the molecule is Cc1cccc(C(=O)NC2=C/C(=C/N[C@H]3CC[C@](C)(O)CC3)C(=N)C=C2OC2CC2)[n+]1O. The molecule has 0 aromatic carbocycles. The minimum absolute atomic E-state index is 0.106. The van der Waals surface area contributed by atoms with Gasteiger partial charge in [0.2, 0.25) is 5.69 Å². The lowest BCUT2D eigenvalue weighted by atomic mass is 9.84. The lowest BCUT2D eigenvalue weighted by molar-refractivity contribution is -0.909. The van der Waals surface area contributed by atoms with Crippen LogP contribution in [0.4, 0.5) is 0 Å². The van der Waals surface area contributed by atoms with Crippen LogP contribution >= 0.6 is 0 Å². The van der Waals surface area contributed by atoms with Crippen molar-refractivity contribution in [3.63, 3.8) is 0 Å². The number of aromatic nitrogens is 1. The summed E-state index contributed by atoms with van der Waals surface area (Å²) >= 11 is 0. The number of ether oxygens (including phenoxy) is 1. The Bertz CT molecular complexity index is 1010. The molecule has 2 fully saturated rings. The van der Waals surface area contributed by atoms with E-state index in [2.05, 4.69) is 10.6 Å². The number of allylic oxidation sites excluding steroid dienone is 3. The Morgan fingerprint density at radius 3 is 2.66 bits per heavy atom. The molecule has 0 aliphatic heterocycles. The highest BCUT2D eigenvalue weighted by atomic mass is 16.5. The van der Waals surface area contributed by atoms with Gasteiger partial charge in [-0.2, -0.15) is 0 Å². The fourth-order valence-corrected chi connectivity index (χ4v) is 3.86. The second-order valence-electron chi connectivity index (χ2n) is 9.15. The van der Waals surface area contributed by atoms with Gasteiger partial charge in [0.1, 0.15) is 5.76 Å². The number of aryl methyl sites for hydroxylation is 1. The molecule has 0 bridgehead atoms. The fraction of sp³-hybridized carbons (Fsp3) is 0.458. The molecule has 0 unspecified atom stereocenters. The molecule has 3 aliphatic rings. The lowest BCUT2D eigenvalue weighted by Crippen LogP contribution is -2.44. The van der Waals surface area contributed by atoms with Gasteiger partial charge >= 0.3 is 11.6 Å². The van der Waals surface area contributed by atoms with Gasteiger partial charge in [0, 0.05) is 47.7 Å². The van der Waals surface area contributed by atoms with Crippen LogP contribution < -0.4 is 15.4 Å². The van der Waals surface area contributed by atoms with Crippen molar-refractivity contribution in [1.29, 1.82) is 5.41 Å². The molecular formula is C24H31N4O4+. The molecule has 0 radical (unpaired) electrons. The third-order valence-electron chi connectivity index (χ3n) is 6.14. The Morgan fingerprint density at radius 2 is 1.97 bits per heavy atom. The van der Waals surface area contributed by atoms with Crippen molar-refractivity contribution >= 4 is 11.6 Å². The number of carbonyl (C=O) groups excluding carboxylic acids is 1. The molecule has 0 saturated heterocycles. The van der Waals surface area contributed by atoms with Crippen LogP contribution in [-0.4, -0.2) is 39.7 Å². The Hall–Kier alpha value is -3.13. The van der Waals surface area contributed by atoms with Crippen LogP contribution in [0.5, 0.6) is 0 Å². The van der Waals surface area contributed by atoms with Crippen molar-refractivity contribution in [3.8, 4) is 0 Å². The Labute approximate surface area is 187 Å². The minimum Gasteiger partial charge on any atom is -0.488 e. The highest BCUT2D eigenvalue weighted by Gasteiger charge is 2.31. The average molecular weight is 440 g/mol. The van der Waals surface area contributed by atoms with E-state index in [1.807, 2.05) is 6.92 Å². The number of rotatable bonds is 6. The number of nitrogens with zero attached hydrogens (tertiary/aromatic N) is 1. The first-order valence-corrected chi connectivity index (χ1v) is 11.1. The molecule has 170 valence electrons. The standard InChI is InChI=1S/C24H30N4O4/c1-15-4-3-5-21(28(15)31)23(29)27-20-12-16(19(25)13-22(20)32-18-6-7-18)14-26-17-8-10-24(2,30)11-9-17/h3-5,12-14,17-18,25,29-31H,6-11H2,1-2H3/p+1/t17-,24-. The van der Waals surface area contributed by atoms with E-state index < -0.39 is 11.5 Å². The van der Waals surface area contributed by atoms with Crippen molar-refractivity contribution in [2.75, 3.05) is 0 Å². The third-order valence-corrected chi connectivity index (χ3v) is 6.14. The van der Waals surface area contributed by atoms with Gasteiger partial charge in [0.15, 0.2) is 0 Å². The molecule has 1 heterocycles. The molecule has 8 nitrogen and oxygen atoms in total. The number of pyridine rings is 1. The molecule has 0 spiro atoms. The summed E-state index contributed by atoms with van der Waals surface area (Å²) < 4.78 is 6.78. The maximum absolute atomic E-state index is 12.9. The summed E-state index contributed by atoms with van der Waals surface area (Å²) in [6, 6.07) is 5.18. The smallest absolute Gasteiger partial charge is 0.325 e. The summed E-state index contributed by atoms with van der Waals surface area (Å²) in [7, 11) is 0. The van der Waals surface area contributed by atoms with Crippen LogP contribution in [0, 0.1) is 12.3 Å². The fourth-order valence-electron chi connectivity index (χ4n) is 3.86. The van der Waals surface area contributed by atoms with Crippen molar-refractivity contribution in [1.82, 2.24) is 10.6 Å². The molecule has 1 aromatic rings. The first kappa shape index (κ1) is 22.1. The Balaban J connectivity index is 1.52. The minimum atomic E-state index is -0.600. The second-order valence-corrected chi connectivity index (χ2v) is 9.15. The summed E-state index contributed by atoms with van der Waals surface area (Å²) in [4.78, 5) is 12.9. The van der Waals surface area contributed by atoms with E-state index in [1.165, 1.54) is 6.07 Å². The number of hydrogen-bond acceptors (Lipinski definition) is 6. The second kappa shape index (κ2) is 8.78. The van der Waals surface area contributed by atoms with Crippen molar-refractivity contribution < 1.29 is 24.6 Å². The van der Waals surface area contributed by atoms with E-state index in [4.69, 9.17) is 10.1 Å². The monoisotopic (exact) mass is 439 g/mol. The third kappa shape index (κ3) is 5.19. The summed E-state index contributed by atoms with van der Waals surface area (Å²) in [6.07, 6.45) is 10.3. The number of aliphatic hydroxyl groups is 1. The predicted molar refractivity (Wildman–Crippen MR) is 118 cm³/mol. The largest absolute Gasteiger partial charge is 0.488 e. The molecule has 0 atom stereocenters. The van der Waals surface area contributed by atoms with Gasteiger partial charge in [-0.25, -0.2) is 0 Å². The highest BCUT2D eigenvalue weighted by Crippen LogP contribution is 2.31. The van der Waals surface area contributed by atoms with Gasteiger partial charge in [-0.05, 0) is 57.6 Å². The van der Waals surface area contributed by atoms with Gasteiger partial charge in [-0.1, -0.05) is 0 Å². The molecule has 4 rings (SSSR count). The van der Waals surface area contributed by atoms with Crippen LogP contribution in [0.25, 0.3) is 0 Å². The maximum atomic E-state index is 12.9. The summed E-state index contributed by atoms with van der Waals surface area (Å²) in [5.74, 6) is -0.0168. The summed E-state index contributed by atoms with van der Waals surface area (Å²) in [6.45, 7) is 3.57. The van der Waals surface area contributed by atoms with E-state index in [0.717, 1.165) is 43.3 Å². The van der Waals surface area contributed by atoms with Crippen LogP contribution in [0.2, 0.25) is 0 Å². The zero-order valence-electron chi connectivity index (χ0n) is 18.5. The van der Waals surface area contributed by atoms with Crippen LogP contribution in [0.3, 0.4) is 0 Å². The highest BCUT2D eigenvalue weighted by molar-refractivity contribution is 6.10. The average Bonchev–Trinajstić information content (AvgIpc) is 3.56. The zero-order valence-corrected chi connectivity index (χ0v) is 18.5. The quantitative estimate of drug-likeness (QED) is 0.345. The lowest BCUT2D eigenvalue weighted by Gasteiger charge is -2.33. The maximum Gasteiger partial charge on any atom is 0.325 e. The van der Waals surface area contributed by atoms with Gasteiger partial charge < -0.3 is 25.9 Å². The summed E-state index contributed by atoms with van der Waals surface area (Å²) in [5, 5.41) is 34.9. The van der Waals surface area contributed by atoms with E-state index in [0.29, 0.717) is 28.4 Å². The topological polar surface area (TPSA) is 119 Å². The van der Waals surface area contributed by atoms with Crippen LogP contribution in [-0.2, 0) is 4.74 Å². The number of amides is 1. The molecular weight excluding hydrogens is 408 g/mol. The molecule has 2 saturated carbocycles. The normalized spacial score (nSPS) is 26.9. The molecule has 3 aliphatic carbocycles. The molecule has 32 heavy (non-hydrogen) atoms. The first-order chi connectivity index (χ1) is 15.2. The van der Waals surface area contributed by atoms with Gasteiger partial charge in [0.05, 0.1) is 23.1 Å². The van der Waals surface area contributed by atoms with Crippen molar-refractivity contribution in [2.45, 2.75) is 70.1 Å². The zero-order chi connectivity index (χ0) is 22.9. The van der Waals surface area contributed by atoms with Crippen molar-refractivity contribution in [3.05, 3.63) is 65.0 Å². The van der Waals surface area contributed by atoms with Crippen LogP contribution in [0.15, 0.2) is 53.6 Å². The summed E-state index contributed by atoms with van der Waals surface area (Å²) in [5.41, 5.74) is 1.42. The van der Waals surface area contributed by atoms with Gasteiger partial charge in [-0.3, -0.25) is 10.0 Å². The molecule has 5 N–H and O–H groups in total. The Morgan fingerprint density at radius 1 is 1.25 bits per heavy atom. The van der Waals surface area contributed by atoms with Gasteiger partial charge in [-0.15, -0.1) is 0 Å².